The number of anilines is 1. The lowest BCUT2D eigenvalue weighted by Gasteiger charge is -2.27. The van der Waals surface area contributed by atoms with E-state index >= 15 is 0 Å². The second-order valence-electron chi connectivity index (χ2n) is 4.71. The minimum Gasteiger partial charge on any atom is -0.372 e. The average molecular weight is 283 g/mol. The van der Waals surface area contributed by atoms with Crippen LogP contribution in [-0.2, 0) is 6.54 Å². The van der Waals surface area contributed by atoms with Crippen molar-refractivity contribution >= 4 is 21.6 Å². The van der Waals surface area contributed by atoms with Crippen LogP contribution in [0, 0.1) is 5.92 Å². The smallest absolute Gasteiger partial charge is 0.0380 e. The van der Waals surface area contributed by atoms with Gasteiger partial charge in [-0.15, -0.1) is 0 Å². The fraction of sp³-hybridized carbons (Fsp3) is 0.538. The molecule has 1 aromatic carbocycles. The summed E-state index contributed by atoms with van der Waals surface area (Å²) in [5.74, 6) is 0.880. The molecule has 0 spiro atoms. The van der Waals surface area contributed by atoms with Crippen LogP contribution in [-0.4, -0.2) is 13.1 Å². The second-order valence-corrected chi connectivity index (χ2v) is 5.63. The molecular weight excluding hydrogens is 264 g/mol. The fourth-order valence-electron chi connectivity index (χ4n) is 2.08. The summed E-state index contributed by atoms with van der Waals surface area (Å²) < 4.78 is 1.11. The molecule has 0 amide bonds. The van der Waals surface area contributed by atoms with Crippen molar-refractivity contribution < 1.29 is 0 Å². The molecule has 0 aliphatic heterocycles. The molecule has 2 N–H and O–H groups in total. The number of halogens is 1. The monoisotopic (exact) mass is 282 g/mol. The molecule has 0 aromatic heterocycles. The van der Waals surface area contributed by atoms with Gasteiger partial charge in [-0.3, -0.25) is 0 Å². The first kappa shape index (κ1) is 11.9. The van der Waals surface area contributed by atoms with Gasteiger partial charge in [0, 0.05) is 29.8 Å². The van der Waals surface area contributed by atoms with Gasteiger partial charge in [0.15, 0.2) is 0 Å². The first-order valence-electron chi connectivity index (χ1n) is 5.84. The van der Waals surface area contributed by atoms with Crippen molar-refractivity contribution in [1.29, 1.82) is 0 Å². The number of rotatable bonds is 4. The highest BCUT2D eigenvalue weighted by Gasteiger charge is 2.30. The maximum absolute atomic E-state index is 5.70. The number of hydrogen-bond donors (Lipinski definition) is 1. The number of nitrogens with zero attached hydrogens (tertiary/aromatic N) is 1. The third-order valence-electron chi connectivity index (χ3n) is 3.50. The van der Waals surface area contributed by atoms with Crippen molar-refractivity contribution in [3.05, 3.63) is 28.2 Å². The molecule has 2 nitrogen and oxygen atoms in total. The topological polar surface area (TPSA) is 29.3 Å². The van der Waals surface area contributed by atoms with Crippen molar-refractivity contribution in [2.45, 2.75) is 32.4 Å². The van der Waals surface area contributed by atoms with Gasteiger partial charge in [-0.05, 0) is 49.4 Å². The Morgan fingerprint density at radius 1 is 1.44 bits per heavy atom. The van der Waals surface area contributed by atoms with Crippen molar-refractivity contribution in [2.75, 3.05) is 11.9 Å². The zero-order valence-electron chi connectivity index (χ0n) is 9.91. The number of hydrogen-bond acceptors (Lipinski definition) is 2. The summed E-state index contributed by atoms with van der Waals surface area (Å²) in [5.41, 5.74) is 8.14. The minimum atomic E-state index is 0.595. The molecule has 1 fully saturated rings. The summed E-state index contributed by atoms with van der Waals surface area (Å²) in [6.45, 7) is 2.90. The fourth-order valence-corrected chi connectivity index (χ4v) is 2.61. The third kappa shape index (κ3) is 2.58. The van der Waals surface area contributed by atoms with Crippen LogP contribution in [0.15, 0.2) is 22.7 Å². The molecule has 3 heteroatoms. The lowest BCUT2D eigenvalue weighted by molar-refractivity contribution is 0.609. The summed E-state index contributed by atoms with van der Waals surface area (Å²) in [6, 6.07) is 7.06. The number of nitrogens with two attached hydrogens (primary N) is 1. The summed E-state index contributed by atoms with van der Waals surface area (Å²) >= 11 is 3.54. The largest absolute Gasteiger partial charge is 0.372 e. The van der Waals surface area contributed by atoms with Crippen LogP contribution >= 0.6 is 15.9 Å². The average Bonchev–Trinajstić information content (AvgIpc) is 3.10. The van der Waals surface area contributed by atoms with E-state index < -0.39 is 0 Å². The molecule has 16 heavy (non-hydrogen) atoms. The predicted octanol–water partition coefficient (Wildman–Crippen LogP) is 3.14. The maximum Gasteiger partial charge on any atom is 0.0380 e. The SMILES string of the molecule is CC(C1CC1)N(C)c1cc(Br)cc(CN)c1. The Hall–Kier alpha value is -0.540. The summed E-state index contributed by atoms with van der Waals surface area (Å²) in [6.07, 6.45) is 2.76. The van der Waals surface area contributed by atoms with E-state index in [1.165, 1.54) is 24.1 Å². The standard InChI is InChI=1S/C13H19BrN2/c1-9(11-3-4-11)16(2)13-6-10(8-15)5-12(14)7-13/h5-7,9,11H,3-4,8,15H2,1-2H3. The third-order valence-corrected chi connectivity index (χ3v) is 3.96. The van der Waals surface area contributed by atoms with Crippen LogP contribution in [0.5, 0.6) is 0 Å². The molecule has 1 unspecified atom stereocenters. The minimum absolute atomic E-state index is 0.595. The molecule has 2 rings (SSSR count). The maximum atomic E-state index is 5.70. The van der Waals surface area contributed by atoms with Crippen molar-refractivity contribution in [1.82, 2.24) is 0 Å². The number of benzene rings is 1. The molecular formula is C13H19BrN2. The van der Waals surface area contributed by atoms with E-state index in [0.29, 0.717) is 12.6 Å². The van der Waals surface area contributed by atoms with Crippen LogP contribution in [0.3, 0.4) is 0 Å². The molecule has 1 saturated carbocycles. The van der Waals surface area contributed by atoms with E-state index in [1.54, 1.807) is 0 Å². The first-order chi connectivity index (χ1) is 7.61. The van der Waals surface area contributed by atoms with E-state index in [-0.39, 0.29) is 0 Å². The van der Waals surface area contributed by atoms with Gasteiger partial charge < -0.3 is 10.6 Å². The molecule has 0 saturated heterocycles. The molecule has 1 aliphatic rings. The quantitative estimate of drug-likeness (QED) is 0.919. The molecule has 1 aliphatic carbocycles. The predicted molar refractivity (Wildman–Crippen MR) is 72.6 cm³/mol. The van der Waals surface area contributed by atoms with E-state index in [0.717, 1.165) is 10.4 Å². The Labute approximate surface area is 106 Å². The van der Waals surface area contributed by atoms with Crippen LogP contribution in [0.25, 0.3) is 0 Å². The Bertz CT molecular complexity index is 374. The van der Waals surface area contributed by atoms with Gasteiger partial charge >= 0.3 is 0 Å². The zero-order valence-corrected chi connectivity index (χ0v) is 11.5. The lowest BCUT2D eigenvalue weighted by Crippen LogP contribution is -2.30. The van der Waals surface area contributed by atoms with E-state index in [1.807, 2.05) is 0 Å². The van der Waals surface area contributed by atoms with Gasteiger partial charge in [0.1, 0.15) is 0 Å². The van der Waals surface area contributed by atoms with Gasteiger partial charge in [-0.25, -0.2) is 0 Å². The van der Waals surface area contributed by atoms with Gasteiger partial charge in [-0.1, -0.05) is 15.9 Å². The van der Waals surface area contributed by atoms with E-state index in [2.05, 4.69) is 53.0 Å². The van der Waals surface area contributed by atoms with Gasteiger partial charge in [0.05, 0.1) is 0 Å². The van der Waals surface area contributed by atoms with Crippen molar-refractivity contribution in [3.8, 4) is 0 Å². The molecule has 88 valence electrons. The Morgan fingerprint density at radius 3 is 2.69 bits per heavy atom. The second kappa shape index (κ2) is 4.76. The molecule has 0 heterocycles. The molecule has 0 radical (unpaired) electrons. The van der Waals surface area contributed by atoms with Crippen LogP contribution in [0.4, 0.5) is 5.69 Å². The van der Waals surface area contributed by atoms with Crippen LogP contribution in [0.1, 0.15) is 25.3 Å². The summed E-state index contributed by atoms with van der Waals surface area (Å²) in [4.78, 5) is 2.36. The summed E-state index contributed by atoms with van der Waals surface area (Å²) in [5, 5.41) is 0. The highest BCUT2D eigenvalue weighted by Crippen LogP contribution is 2.36. The van der Waals surface area contributed by atoms with Crippen molar-refractivity contribution in [2.24, 2.45) is 11.7 Å². The zero-order chi connectivity index (χ0) is 11.7. The Kier molecular flexibility index (Phi) is 3.55. The first-order valence-corrected chi connectivity index (χ1v) is 6.63. The van der Waals surface area contributed by atoms with Gasteiger partial charge in [0.25, 0.3) is 0 Å². The molecule has 0 bridgehead atoms. The van der Waals surface area contributed by atoms with Gasteiger partial charge in [0.2, 0.25) is 0 Å². The lowest BCUT2D eigenvalue weighted by atomic mass is 10.1. The normalized spacial score (nSPS) is 17.2. The molecule has 1 atom stereocenters. The Morgan fingerprint density at radius 2 is 2.12 bits per heavy atom. The van der Waals surface area contributed by atoms with E-state index in [4.69, 9.17) is 5.73 Å². The highest BCUT2D eigenvalue weighted by atomic mass is 79.9. The molecule has 1 aromatic rings. The van der Waals surface area contributed by atoms with Gasteiger partial charge in [-0.2, -0.15) is 0 Å². The van der Waals surface area contributed by atoms with Crippen molar-refractivity contribution in [3.63, 3.8) is 0 Å². The Balaban J connectivity index is 2.20. The summed E-state index contributed by atoms with van der Waals surface area (Å²) in [7, 11) is 2.17. The highest BCUT2D eigenvalue weighted by molar-refractivity contribution is 9.10. The van der Waals surface area contributed by atoms with Crippen LogP contribution in [0.2, 0.25) is 0 Å². The van der Waals surface area contributed by atoms with Crippen LogP contribution < -0.4 is 10.6 Å². The van der Waals surface area contributed by atoms with E-state index in [9.17, 15) is 0 Å².